The summed E-state index contributed by atoms with van der Waals surface area (Å²) in [7, 11) is 0. The minimum absolute atomic E-state index is 0.105. The number of rotatable bonds is 5. The van der Waals surface area contributed by atoms with Crippen LogP contribution in [0, 0.1) is 5.92 Å². The van der Waals surface area contributed by atoms with E-state index >= 15 is 0 Å². The first-order valence-electron chi connectivity index (χ1n) is 7.68. The Hall–Kier alpha value is -1.30. The van der Waals surface area contributed by atoms with Gasteiger partial charge in [0.2, 0.25) is 0 Å². The molecule has 1 atom stereocenters. The van der Waals surface area contributed by atoms with Gasteiger partial charge in [-0.3, -0.25) is 9.69 Å². The van der Waals surface area contributed by atoms with Gasteiger partial charge in [0.25, 0.3) is 0 Å². The molecule has 0 unspecified atom stereocenters. The molecule has 120 valence electrons. The van der Waals surface area contributed by atoms with Crippen molar-refractivity contribution in [1.29, 1.82) is 0 Å². The molecular weight excluding hydrogens is 272 g/mol. The number of carbonyl (C=O) groups is 2. The Kier molecular flexibility index (Phi) is 4.76. The fraction of sp³-hybridized carbons (Fsp3) is 0.867. The smallest absolute Gasteiger partial charge is 0.410 e. The van der Waals surface area contributed by atoms with E-state index in [4.69, 9.17) is 9.84 Å². The van der Waals surface area contributed by atoms with E-state index in [2.05, 4.69) is 0 Å². The average Bonchev–Trinajstić information content (AvgIpc) is 3.06. The molecule has 2 aliphatic rings. The van der Waals surface area contributed by atoms with Crippen molar-refractivity contribution in [3.8, 4) is 0 Å². The van der Waals surface area contributed by atoms with Crippen LogP contribution in [0.15, 0.2) is 0 Å². The molecule has 2 fully saturated rings. The van der Waals surface area contributed by atoms with E-state index in [0.717, 1.165) is 25.8 Å². The largest absolute Gasteiger partial charge is 0.480 e. The van der Waals surface area contributed by atoms with Crippen molar-refractivity contribution in [3.05, 3.63) is 0 Å². The second-order valence-electron chi connectivity index (χ2n) is 7.14. The molecule has 1 saturated heterocycles. The first kappa shape index (κ1) is 16.1. The van der Waals surface area contributed by atoms with Gasteiger partial charge in [0, 0.05) is 25.7 Å². The van der Waals surface area contributed by atoms with Crippen LogP contribution in [0.5, 0.6) is 0 Å². The normalized spacial score (nSPS) is 22.7. The van der Waals surface area contributed by atoms with Gasteiger partial charge in [0.1, 0.15) is 5.60 Å². The van der Waals surface area contributed by atoms with Gasteiger partial charge in [-0.2, -0.15) is 0 Å². The summed E-state index contributed by atoms with van der Waals surface area (Å²) >= 11 is 0. The molecule has 1 saturated carbocycles. The Bertz CT molecular complexity index is 401. The number of carboxylic acid groups (broad SMARTS) is 1. The Morgan fingerprint density at radius 2 is 1.95 bits per heavy atom. The van der Waals surface area contributed by atoms with Crippen LogP contribution in [-0.4, -0.2) is 64.8 Å². The summed E-state index contributed by atoms with van der Waals surface area (Å²) < 4.78 is 5.38. The lowest BCUT2D eigenvalue weighted by Crippen LogP contribution is -2.38. The van der Waals surface area contributed by atoms with Crippen LogP contribution in [0.1, 0.15) is 40.0 Å². The van der Waals surface area contributed by atoms with Crippen LogP contribution in [0.2, 0.25) is 0 Å². The molecule has 0 aromatic carbocycles. The molecule has 21 heavy (non-hydrogen) atoms. The number of carbonyl (C=O) groups excluding carboxylic acids is 1. The van der Waals surface area contributed by atoms with Crippen LogP contribution in [0.3, 0.4) is 0 Å². The maximum atomic E-state index is 12.0. The first-order valence-corrected chi connectivity index (χ1v) is 7.68. The third kappa shape index (κ3) is 5.19. The van der Waals surface area contributed by atoms with Crippen molar-refractivity contribution < 1.29 is 19.4 Å². The highest BCUT2D eigenvalue weighted by atomic mass is 16.6. The van der Waals surface area contributed by atoms with Gasteiger partial charge in [-0.05, 0) is 46.0 Å². The first-order chi connectivity index (χ1) is 9.74. The highest BCUT2D eigenvalue weighted by Crippen LogP contribution is 2.29. The molecule has 1 heterocycles. The molecule has 0 spiro atoms. The molecule has 0 aromatic rings. The quantitative estimate of drug-likeness (QED) is 0.838. The molecule has 1 amide bonds. The van der Waals surface area contributed by atoms with Crippen LogP contribution in [0.25, 0.3) is 0 Å². The van der Waals surface area contributed by atoms with Crippen LogP contribution >= 0.6 is 0 Å². The lowest BCUT2D eigenvalue weighted by molar-refractivity contribution is -0.138. The molecule has 1 aliphatic heterocycles. The molecule has 6 heteroatoms. The lowest BCUT2D eigenvalue weighted by Gasteiger charge is -2.26. The van der Waals surface area contributed by atoms with E-state index in [0.29, 0.717) is 25.0 Å². The van der Waals surface area contributed by atoms with E-state index in [1.165, 1.54) is 0 Å². The molecule has 0 aromatic heterocycles. The zero-order valence-corrected chi connectivity index (χ0v) is 13.2. The molecule has 1 N–H and O–H groups in total. The van der Waals surface area contributed by atoms with E-state index in [9.17, 15) is 9.59 Å². The zero-order valence-electron chi connectivity index (χ0n) is 13.2. The Morgan fingerprint density at radius 3 is 2.48 bits per heavy atom. The van der Waals surface area contributed by atoms with Gasteiger partial charge in [-0.25, -0.2) is 4.79 Å². The zero-order chi connectivity index (χ0) is 15.6. The fourth-order valence-electron chi connectivity index (χ4n) is 2.76. The topological polar surface area (TPSA) is 70.1 Å². The van der Waals surface area contributed by atoms with Crippen molar-refractivity contribution in [2.45, 2.75) is 51.7 Å². The summed E-state index contributed by atoms with van der Waals surface area (Å²) in [5.74, 6) is -0.429. The van der Waals surface area contributed by atoms with Gasteiger partial charge in [-0.15, -0.1) is 0 Å². The predicted molar refractivity (Wildman–Crippen MR) is 78.1 cm³/mol. The van der Waals surface area contributed by atoms with E-state index in [-0.39, 0.29) is 12.6 Å². The number of hydrogen-bond acceptors (Lipinski definition) is 4. The SMILES string of the molecule is CC(C)(C)OC(=O)N1CC[C@@H](CN(CC(=O)O)C2CC2)C1. The third-order valence-corrected chi connectivity index (χ3v) is 3.83. The monoisotopic (exact) mass is 298 g/mol. The second-order valence-corrected chi connectivity index (χ2v) is 7.14. The summed E-state index contributed by atoms with van der Waals surface area (Å²) in [4.78, 5) is 26.7. The summed E-state index contributed by atoms with van der Waals surface area (Å²) in [6.07, 6.45) is 2.84. The van der Waals surface area contributed by atoms with Crippen molar-refractivity contribution in [2.75, 3.05) is 26.2 Å². The predicted octanol–water partition coefficient (Wildman–Crippen LogP) is 1.79. The van der Waals surface area contributed by atoms with E-state index in [1.54, 1.807) is 4.90 Å². The maximum absolute atomic E-state index is 12.0. The van der Waals surface area contributed by atoms with Gasteiger partial charge < -0.3 is 14.7 Å². The lowest BCUT2D eigenvalue weighted by atomic mass is 10.1. The second kappa shape index (κ2) is 6.22. The Balaban J connectivity index is 1.81. The molecular formula is C15H26N2O4. The minimum atomic E-state index is -0.774. The molecule has 0 radical (unpaired) electrons. The van der Waals surface area contributed by atoms with Gasteiger partial charge in [0.15, 0.2) is 0 Å². The number of likely N-dealkylation sites (tertiary alicyclic amines) is 1. The highest BCUT2D eigenvalue weighted by Gasteiger charge is 2.35. The number of amides is 1. The van der Waals surface area contributed by atoms with Crippen LogP contribution in [0.4, 0.5) is 4.79 Å². The number of aliphatic carboxylic acids is 1. The number of nitrogens with zero attached hydrogens (tertiary/aromatic N) is 2. The van der Waals surface area contributed by atoms with Crippen molar-refractivity contribution in [1.82, 2.24) is 9.80 Å². The number of ether oxygens (including phenoxy) is 1. The third-order valence-electron chi connectivity index (χ3n) is 3.83. The maximum Gasteiger partial charge on any atom is 0.410 e. The summed E-state index contributed by atoms with van der Waals surface area (Å²) in [5, 5.41) is 8.98. The van der Waals surface area contributed by atoms with E-state index < -0.39 is 11.6 Å². The summed E-state index contributed by atoms with van der Waals surface area (Å²) in [5.41, 5.74) is -0.474. The average molecular weight is 298 g/mol. The summed E-state index contributed by atoms with van der Waals surface area (Å²) in [6.45, 7) is 7.81. The van der Waals surface area contributed by atoms with Crippen molar-refractivity contribution >= 4 is 12.1 Å². The highest BCUT2D eigenvalue weighted by molar-refractivity contribution is 5.69. The fourth-order valence-corrected chi connectivity index (χ4v) is 2.76. The minimum Gasteiger partial charge on any atom is -0.480 e. The standard InChI is InChI=1S/C15H26N2O4/c1-15(2,3)21-14(20)16-7-6-11(8-16)9-17(10-13(18)19)12-4-5-12/h11-12H,4-10H2,1-3H3,(H,18,19)/t11-/m1/s1. The Morgan fingerprint density at radius 1 is 1.29 bits per heavy atom. The molecule has 6 nitrogen and oxygen atoms in total. The van der Waals surface area contributed by atoms with Crippen LogP contribution < -0.4 is 0 Å². The van der Waals surface area contributed by atoms with Gasteiger partial charge >= 0.3 is 12.1 Å². The number of hydrogen-bond donors (Lipinski definition) is 1. The van der Waals surface area contributed by atoms with E-state index in [1.807, 2.05) is 25.7 Å². The molecule has 1 aliphatic carbocycles. The Labute approximate surface area is 126 Å². The van der Waals surface area contributed by atoms with Gasteiger partial charge in [0.05, 0.1) is 6.54 Å². The van der Waals surface area contributed by atoms with Gasteiger partial charge in [-0.1, -0.05) is 0 Å². The van der Waals surface area contributed by atoms with Crippen LogP contribution in [-0.2, 0) is 9.53 Å². The summed E-state index contributed by atoms with van der Waals surface area (Å²) in [6, 6.07) is 0.427. The number of carboxylic acids is 1. The van der Waals surface area contributed by atoms with Crippen molar-refractivity contribution in [2.24, 2.45) is 5.92 Å². The molecule has 0 bridgehead atoms. The van der Waals surface area contributed by atoms with Crippen molar-refractivity contribution in [3.63, 3.8) is 0 Å². The molecule has 2 rings (SSSR count).